The number of nitrogens with zero attached hydrogens (tertiary/aromatic N) is 1. The highest BCUT2D eigenvalue weighted by molar-refractivity contribution is 7.92. The number of amides is 1. The number of hydrogen-bond donors (Lipinski definition) is 1. The van der Waals surface area contributed by atoms with Crippen LogP contribution in [0.25, 0.3) is 0 Å². The number of sulfonamides is 1. The van der Waals surface area contributed by atoms with Gasteiger partial charge in [-0.15, -0.1) is 0 Å². The van der Waals surface area contributed by atoms with E-state index < -0.39 is 10.0 Å². The van der Waals surface area contributed by atoms with Crippen molar-refractivity contribution in [3.05, 3.63) is 54.1 Å². The van der Waals surface area contributed by atoms with Crippen LogP contribution in [0.4, 0.5) is 5.69 Å². The van der Waals surface area contributed by atoms with Crippen molar-refractivity contribution in [3.63, 3.8) is 0 Å². The standard InChI is InChI=1S/C19H22N2O5S/c1-27(23,24)21(16-6-3-2-4-7-16)11-5-8-19(22)20-13-15-9-10-17-18(12-15)26-14-25-17/h2-4,6-7,9-10,12H,5,8,11,13-14H2,1H3,(H,20,22). The number of para-hydroxylation sites is 1. The SMILES string of the molecule is CS(=O)(=O)N(CCCC(=O)NCc1ccc2c(c1)OCO2)c1ccccc1. The van der Waals surface area contributed by atoms with Crippen LogP contribution in [0, 0.1) is 0 Å². The number of ether oxygens (including phenoxy) is 2. The smallest absolute Gasteiger partial charge is 0.232 e. The highest BCUT2D eigenvalue weighted by atomic mass is 32.2. The highest BCUT2D eigenvalue weighted by Gasteiger charge is 2.17. The molecule has 0 bridgehead atoms. The van der Waals surface area contributed by atoms with E-state index in [4.69, 9.17) is 9.47 Å². The number of carbonyl (C=O) groups excluding carboxylic acids is 1. The van der Waals surface area contributed by atoms with E-state index in [1.165, 1.54) is 10.6 Å². The molecule has 1 aliphatic rings. The van der Waals surface area contributed by atoms with Crippen molar-refractivity contribution in [1.29, 1.82) is 0 Å². The Bertz CT molecular complexity index is 900. The van der Waals surface area contributed by atoms with Gasteiger partial charge in [-0.05, 0) is 36.2 Å². The van der Waals surface area contributed by atoms with Gasteiger partial charge in [0.2, 0.25) is 22.7 Å². The number of carbonyl (C=O) groups is 1. The first-order valence-corrected chi connectivity index (χ1v) is 10.5. The fraction of sp³-hybridized carbons (Fsp3) is 0.316. The van der Waals surface area contributed by atoms with Crippen molar-refractivity contribution >= 4 is 21.6 Å². The third kappa shape index (κ3) is 5.13. The molecule has 0 fully saturated rings. The van der Waals surface area contributed by atoms with Gasteiger partial charge in [-0.25, -0.2) is 8.42 Å². The van der Waals surface area contributed by atoms with Gasteiger partial charge in [0.15, 0.2) is 11.5 Å². The summed E-state index contributed by atoms with van der Waals surface area (Å²) in [5.74, 6) is 1.24. The predicted molar refractivity (Wildman–Crippen MR) is 102 cm³/mol. The minimum atomic E-state index is -3.40. The molecular weight excluding hydrogens is 368 g/mol. The van der Waals surface area contributed by atoms with Crippen LogP contribution < -0.4 is 19.1 Å². The van der Waals surface area contributed by atoms with Crippen molar-refractivity contribution in [2.24, 2.45) is 0 Å². The first kappa shape index (κ1) is 19.0. The molecule has 0 unspecified atom stereocenters. The summed E-state index contributed by atoms with van der Waals surface area (Å²) in [6.07, 6.45) is 1.83. The van der Waals surface area contributed by atoms with Crippen LogP contribution in [0.5, 0.6) is 11.5 Å². The van der Waals surface area contributed by atoms with Crippen LogP contribution in [0.2, 0.25) is 0 Å². The third-order valence-corrected chi connectivity index (χ3v) is 5.33. The van der Waals surface area contributed by atoms with E-state index in [0.717, 1.165) is 5.56 Å². The lowest BCUT2D eigenvalue weighted by atomic mass is 10.2. The van der Waals surface area contributed by atoms with Crippen LogP contribution in [0.15, 0.2) is 48.5 Å². The Hall–Kier alpha value is -2.74. The average Bonchev–Trinajstić information content (AvgIpc) is 3.11. The van der Waals surface area contributed by atoms with Crippen LogP contribution in [0.3, 0.4) is 0 Å². The summed E-state index contributed by atoms with van der Waals surface area (Å²) in [7, 11) is -3.40. The fourth-order valence-electron chi connectivity index (χ4n) is 2.80. The van der Waals surface area contributed by atoms with Crippen molar-refractivity contribution in [2.45, 2.75) is 19.4 Å². The minimum Gasteiger partial charge on any atom is -0.454 e. The molecule has 0 saturated heterocycles. The second-order valence-electron chi connectivity index (χ2n) is 6.24. The van der Waals surface area contributed by atoms with Crippen molar-refractivity contribution < 1.29 is 22.7 Å². The highest BCUT2D eigenvalue weighted by Crippen LogP contribution is 2.32. The molecule has 1 N–H and O–H groups in total. The molecule has 0 saturated carbocycles. The molecule has 0 aromatic heterocycles. The van der Waals surface area contributed by atoms with Gasteiger partial charge in [0.1, 0.15) is 0 Å². The van der Waals surface area contributed by atoms with E-state index in [1.807, 2.05) is 24.3 Å². The molecule has 0 radical (unpaired) electrons. The molecule has 7 nitrogen and oxygen atoms in total. The molecule has 3 rings (SSSR count). The molecular formula is C19H22N2O5S. The Morgan fingerprint density at radius 3 is 2.59 bits per heavy atom. The van der Waals surface area contributed by atoms with Crippen LogP contribution >= 0.6 is 0 Å². The number of anilines is 1. The van der Waals surface area contributed by atoms with Gasteiger partial charge in [0.05, 0.1) is 11.9 Å². The Morgan fingerprint density at radius 1 is 1.11 bits per heavy atom. The van der Waals surface area contributed by atoms with Crippen LogP contribution in [0.1, 0.15) is 18.4 Å². The fourth-order valence-corrected chi connectivity index (χ4v) is 3.77. The number of rotatable bonds is 8. The van der Waals surface area contributed by atoms with E-state index in [9.17, 15) is 13.2 Å². The van der Waals surface area contributed by atoms with Gasteiger partial charge < -0.3 is 14.8 Å². The summed E-state index contributed by atoms with van der Waals surface area (Å²) in [6.45, 7) is 0.841. The van der Waals surface area contributed by atoms with Crippen LogP contribution in [-0.4, -0.2) is 33.9 Å². The van der Waals surface area contributed by atoms with Crippen molar-refractivity contribution in [3.8, 4) is 11.5 Å². The number of nitrogens with one attached hydrogen (secondary N) is 1. The summed E-state index contributed by atoms with van der Waals surface area (Å²) >= 11 is 0. The van der Waals surface area contributed by atoms with E-state index in [1.54, 1.807) is 24.3 Å². The van der Waals surface area contributed by atoms with Crippen molar-refractivity contribution in [2.75, 3.05) is 23.9 Å². The first-order chi connectivity index (χ1) is 12.9. The van der Waals surface area contributed by atoms with E-state index in [-0.39, 0.29) is 25.7 Å². The molecule has 1 amide bonds. The molecule has 2 aromatic carbocycles. The summed E-state index contributed by atoms with van der Waals surface area (Å²) < 4.78 is 35.9. The monoisotopic (exact) mass is 390 g/mol. The average molecular weight is 390 g/mol. The third-order valence-electron chi connectivity index (χ3n) is 4.14. The molecule has 2 aromatic rings. The second kappa shape index (κ2) is 8.30. The maximum atomic E-state index is 12.1. The molecule has 27 heavy (non-hydrogen) atoms. The van der Waals surface area contributed by atoms with E-state index >= 15 is 0 Å². The zero-order valence-electron chi connectivity index (χ0n) is 15.1. The van der Waals surface area contributed by atoms with Gasteiger partial charge >= 0.3 is 0 Å². The number of fused-ring (bicyclic) bond motifs is 1. The predicted octanol–water partition coefficient (Wildman–Crippen LogP) is 2.28. The summed E-state index contributed by atoms with van der Waals surface area (Å²) in [5, 5.41) is 2.84. The molecule has 0 spiro atoms. The minimum absolute atomic E-state index is 0.130. The van der Waals surface area contributed by atoms with Gasteiger partial charge in [0, 0.05) is 19.5 Å². The zero-order chi connectivity index (χ0) is 19.3. The molecule has 0 aliphatic carbocycles. The molecule has 144 valence electrons. The molecule has 1 aliphatic heterocycles. The van der Waals surface area contributed by atoms with Gasteiger partial charge in [0.25, 0.3) is 0 Å². The van der Waals surface area contributed by atoms with Gasteiger partial charge in [-0.1, -0.05) is 24.3 Å². The lowest BCUT2D eigenvalue weighted by Gasteiger charge is -2.22. The van der Waals surface area contributed by atoms with E-state index in [2.05, 4.69) is 5.32 Å². The van der Waals surface area contributed by atoms with Crippen LogP contribution in [-0.2, 0) is 21.4 Å². The summed E-state index contributed by atoms with van der Waals surface area (Å²) in [4.78, 5) is 12.1. The largest absolute Gasteiger partial charge is 0.454 e. The Morgan fingerprint density at radius 2 is 1.85 bits per heavy atom. The van der Waals surface area contributed by atoms with Gasteiger partial charge in [-0.3, -0.25) is 9.10 Å². The number of benzene rings is 2. The normalized spacial score (nSPS) is 12.6. The van der Waals surface area contributed by atoms with Crippen molar-refractivity contribution in [1.82, 2.24) is 5.32 Å². The maximum Gasteiger partial charge on any atom is 0.232 e. The first-order valence-electron chi connectivity index (χ1n) is 8.61. The Balaban J connectivity index is 1.48. The summed E-state index contributed by atoms with van der Waals surface area (Å²) in [5.41, 5.74) is 1.51. The topological polar surface area (TPSA) is 84.9 Å². The quantitative estimate of drug-likeness (QED) is 0.747. The number of hydrogen-bond acceptors (Lipinski definition) is 5. The van der Waals surface area contributed by atoms with E-state index in [0.29, 0.717) is 30.2 Å². The molecule has 8 heteroatoms. The Labute approximate surface area is 158 Å². The summed E-state index contributed by atoms with van der Waals surface area (Å²) in [6, 6.07) is 14.4. The lowest BCUT2D eigenvalue weighted by molar-refractivity contribution is -0.121. The Kier molecular flexibility index (Phi) is 5.85. The van der Waals surface area contributed by atoms with Gasteiger partial charge in [-0.2, -0.15) is 0 Å². The molecule has 1 heterocycles. The lowest BCUT2D eigenvalue weighted by Crippen LogP contribution is -2.32. The molecule has 0 atom stereocenters. The zero-order valence-corrected chi connectivity index (χ0v) is 15.9. The maximum absolute atomic E-state index is 12.1. The second-order valence-corrected chi connectivity index (χ2v) is 8.15.